The molecule has 0 radical (unpaired) electrons. The molecule has 0 unspecified atom stereocenters. The Hall–Kier alpha value is -1.19. The van der Waals surface area contributed by atoms with E-state index in [1.165, 1.54) is 16.0 Å². The smallest absolute Gasteiger partial charge is 0.0302 e. The number of rotatable bonds is 5. The second-order valence-corrected chi connectivity index (χ2v) is 4.81. The van der Waals surface area contributed by atoms with Crippen molar-refractivity contribution in [2.24, 2.45) is 0 Å². The number of hydrogen-bond acceptors (Lipinski definition) is 3. The van der Waals surface area contributed by atoms with Crippen molar-refractivity contribution in [3.05, 3.63) is 52.0 Å². The molecule has 0 fully saturated rings. The Kier molecular flexibility index (Phi) is 4.08. The van der Waals surface area contributed by atoms with Gasteiger partial charge in [0.05, 0.1) is 0 Å². The van der Waals surface area contributed by atoms with E-state index in [2.05, 4.69) is 40.8 Å². The molecule has 2 aromatic heterocycles. The van der Waals surface area contributed by atoms with Crippen LogP contribution in [-0.2, 0) is 13.0 Å². The number of hydrogen-bond donors (Lipinski definition) is 1. The predicted molar refractivity (Wildman–Crippen MR) is 68.7 cm³/mol. The van der Waals surface area contributed by atoms with Gasteiger partial charge in [0.25, 0.3) is 0 Å². The van der Waals surface area contributed by atoms with E-state index in [1.54, 1.807) is 0 Å². The van der Waals surface area contributed by atoms with Gasteiger partial charge < -0.3 is 5.32 Å². The standard InChI is InChI=1S/C13H16N2S/c1-11-5-9-16-13(11)10-15-8-4-12-2-6-14-7-3-12/h2-3,5-7,9,15H,4,8,10H2,1H3. The third kappa shape index (κ3) is 3.15. The first-order chi connectivity index (χ1) is 7.86. The number of aryl methyl sites for hydroxylation is 1. The largest absolute Gasteiger partial charge is 0.312 e. The highest BCUT2D eigenvalue weighted by atomic mass is 32.1. The molecule has 16 heavy (non-hydrogen) atoms. The van der Waals surface area contributed by atoms with Gasteiger partial charge in [-0.15, -0.1) is 11.3 Å². The lowest BCUT2D eigenvalue weighted by atomic mass is 10.2. The Morgan fingerprint density at radius 1 is 1.25 bits per heavy atom. The summed E-state index contributed by atoms with van der Waals surface area (Å²) in [4.78, 5) is 5.45. The Morgan fingerprint density at radius 2 is 2.06 bits per heavy atom. The fraction of sp³-hybridized carbons (Fsp3) is 0.308. The van der Waals surface area contributed by atoms with Crippen LogP contribution in [0.3, 0.4) is 0 Å². The van der Waals surface area contributed by atoms with Crippen molar-refractivity contribution in [1.82, 2.24) is 10.3 Å². The molecule has 0 atom stereocenters. The van der Waals surface area contributed by atoms with Crippen LogP contribution >= 0.6 is 11.3 Å². The van der Waals surface area contributed by atoms with E-state index in [4.69, 9.17) is 0 Å². The highest BCUT2D eigenvalue weighted by Gasteiger charge is 1.98. The molecule has 84 valence electrons. The Bertz CT molecular complexity index is 423. The SMILES string of the molecule is Cc1ccsc1CNCCc1ccncc1. The van der Waals surface area contributed by atoms with Crippen LogP contribution in [0, 0.1) is 6.92 Å². The molecule has 0 spiro atoms. The molecule has 0 aromatic carbocycles. The van der Waals surface area contributed by atoms with Crippen molar-refractivity contribution in [2.45, 2.75) is 19.9 Å². The van der Waals surface area contributed by atoms with Crippen molar-refractivity contribution in [1.29, 1.82) is 0 Å². The van der Waals surface area contributed by atoms with Crippen molar-refractivity contribution in [2.75, 3.05) is 6.54 Å². The molecular weight excluding hydrogens is 216 g/mol. The van der Waals surface area contributed by atoms with Crippen LogP contribution in [-0.4, -0.2) is 11.5 Å². The minimum absolute atomic E-state index is 0.981. The third-order valence-electron chi connectivity index (χ3n) is 2.59. The van der Waals surface area contributed by atoms with E-state index in [0.29, 0.717) is 0 Å². The van der Waals surface area contributed by atoms with Crippen LogP contribution in [0.15, 0.2) is 36.0 Å². The van der Waals surface area contributed by atoms with Gasteiger partial charge in [0.2, 0.25) is 0 Å². The number of nitrogens with zero attached hydrogens (tertiary/aromatic N) is 1. The van der Waals surface area contributed by atoms with Gasteiger partial charge in [-0.2, -0.15) is 0 Å². The van der Waals surface area contributed by atoms with Gasteiger partial charge in [-0.05, 0) is 54.6 Å². The Labute approximate surface area is 100 Å². The van der Waals surface area contributed by atoms with Gasteiger partial charge >= 0.3 is 0 Å². The number of pyridine rings is 1. The minimum Gasteiger partial charge on any atom is -0.312 e. The molecule has 0 bridgehead atoms. The number of thiophene rings is 1. The van der Waals surface area contributed by atoms with Gasteiger partial charge in [0, 0.05) is 23.8 Å². The minimum atomic E-state index is 0.981. The summed E-state index contributed by atoms with van der Waals surface area (Å²) >= 11 is 1.82. The zero-order valence-corrected chi connectivity index (χ0v) is 10.3. The monoisotopic (exact) mass is 232 g/mol. The molecule has 1 N–H and O–H groups in total. The molecule has 0 saturated heterocycles. The maximum atomic E-state index is 4.01. The van der Waals surface area contributed by atoms with Crippen molar-refractivity contribution >= 4 is 11.3 Å². The van der Waals surface area contributed by atoms with Crippen LogP contribution in [0.5, 0.6) is 0 Å². The summed E-state index contributed by atoms with van der Waals surface area (Å²) in [6.07, 6.45) is 4.75. The van der Waals surface area contributed by atoms with E-state index in [1.807, 2.05) is 23.7 Å². The molecule has 0 saturated carbocycles. The second kappa shape index (κ2) is 5.77. The fourth-order valence-electron chi connectivity index (χ4n) is 1.57. The van der Waals surface area contributed by atoms with E-state index in [9.17, 15) is 0 Å². The number of nitrogens with one attached hydrogen (secondary N) is 1. The second-order valence-electron chi connectivity index (χ2n) is 3.81. The van der Waals surface area contributed by atoms with Crippen LogP contribution in [0.25, 0.3) is 0 Å². The lowest BCUT2D eigenvalue weighted by molar-refractivity contribution is 0.691. The lowest BCUT2D eigenvalue weighted by Crippen LogP contribution is -2.16. The molecule has 2 rings (SSSR count). The molecule has 2 nitrogen and oxygen atoms in total. The van der Waals surface area contributed by atoms with E-state index < -0.39 is 0 Å². The predicted octanol–water partition coefficient (Wildman–Crippen LogP) is 2.78. The normalized spacial score (nSPS) is 10.6. The van der Waals surface area contributed by atoms with Crippen LogP contribution < -0.4 is 5.32 Å². The summed E-state index contributed by atoms with van der Waals surface area (Å²) in [5.74, 6) is 0. The fourth-order valence-corrected chi connectivity index (χ4v) is 2.45. The average Bonchev–Trinajstić information content (AvgIpc) is 2.72. The first kappa shape index (κ1) is 11.3. The van der Waals surface area contributed by atoms with Crippen molar-refractivity contribution in [3.63, 3.8) is 0 Å². The van der Waals surface area contributed by atoms with Gasteiger partial charge in [-0.1, -0.05) is 0 Å². The summed E-state index contributed by atoms with van der Waals surface area (Å²) < 4.78 is 0. The van der Waals surface area contributed by atoms with Crippen LogP contribution in [0.2, 0.25) is 0 Å². The average molecular weight is 232 g/mol. The number of aromatic nitrogens is 1. The Balaban J connectivity index is 1.72. The van der Waals surface area contributed by atoms with Gasteiger partial charge in [-0.25, -0.2) is 0 Å². The lowest BCUT2D eigenvalue weighted by Gasteiger charge is -2.04. The molecule has 2 heterocycles. The highest BCUT2D eigenvalue weighted by molar-refractivity contribution is 7.10. The Morgan fingerprint density at radius 3 is 2.75 bits per heavy atom. The van der Waals surface area contributed by atoms with E-state index in [0.717, 1.165) is 19.5 Å². The first-order valence-corrected chi connectivity index (χ1v) is 6.37. The zero-order chi connectivity index (χ0) is 11.2. The maximum Gasteiger partial charge on any atom is 0.0302 e. The van der Waals surface area contributed by atoms with Crippen LogP contribution in [0.1, 0.15) is 16.0 Å². The molecule has 3 heteroatoms. The van der Waals surface area contributed by atoms with Crippen molar-refractivity contribution < 1.29 is 0 Å². The zero-order valence-electron chi connectivity index (χ0n) is 9.44. The summed E-state index contributed by atoms with van der Waals surface area (Å²) in [6, 6.07) is 6.31. The van der Waals surface area contributed by atoms with E-state index >= 15 is 0 Å². The summed E-state index contributed by atoms with van der Waals surface area (Å²) in [6.45, 7) is 4.16. The quantitative estimate of drug-likeness (QED) is 0.802. The first-order valence-electron chi connectivity index (χ1n) is 5.49. The topological polar surface area (TPSA) is 24.9 Å². The maximum absolute atomic E-state index is 4.01. The van der Waals surface area contributed by atoms with Crippen molar-refractivity contribution in [3.8, 4) is 0 Å². The molecule has 2 aromatic rings. The molecule has 0 aliphatic carbocycles. The molecule has 0 amide bonds. The van der Waals surface area contributed by atoms with E-state index in [-0.39, 0.29) is 0 Å². The van der Waals surface area contributed by atoms with Gasteiger partial charge in [-0.3, -0.25) is 4.98 Å². The summed E-state index contributed by atoms with van der Waals surface area (Å²) in [7, 11) is 0. The summed E-state index contributed by atoms with van der Waals surface area (Å²) in [5.41, 5.74) is 2.73. The highest BCUT2D eigenvalue weighted by Crippen LogP contribution is 2.14. The van der Waals surface area contributed by atoms with Crippen LogP contribution in [0.4, 0.5) is 0 Å². The van der Waals surface area contributed by atoms with Gasteiger partial charge in [0.15, 0.2) is 0 Å². The third-order valence-corrected chi connectivity index (χ3v) is 3.62. The molecule has 0 aliphatic heterocycles. The summed E-state index contributed by atoms with van der Waals surface area (Å²) in [5, 5.41) is 5.62. The van der Waals surface area contributed by atoms with Gasteiger partial charge in [0.1, 0.15) is 0 Å². The molecule has 0 aliphatic rings. The molecular formula is C13H16N2S.